The SMILES string of the molecule is CC(C)c1ccccc1OCCCOc1ccc(N)cc1. The summed E-state index contributed by atoms with van der Waals surface area (Å²) < 4.78 is 11.5. The Morgan fingerprint density at radius 3 is 2.29 bits per heavy atom. The van der Waals surface area contributed by atoms with Gasteiger partial charge < -0.3 is 15.2 Å². The van der Waals surface area contributed by atoms with Crippen molar-refractivity contribution in [3.8, 4) is 11.5 Å². The summed E-state index contributed by atoms with van der Waals surface area (Å²) in [5.74, 6) is 2.28. The average Bonchev–Trinajstić information content (AvgIpc) is 2.49. The van der Waals surface area contributed by atoms with E-state index in [-0.39, 0.29) is 0 Å². The highest BCUT2D eigenvalue weighted by molar-refractivity contribution is 5.41. The van der Waals surface area contributed by atoms with Gasteiger partial charge >= 0.3 is 0 Å². The van der Waals surface area contributed by atoms with E-state index in [0.717, 1.165) is 23.6 Å². The third-order valence-electron chi connectivity index (χ3n) is 3.24. The lowest BCUT2D eigenvalue weighted by molar-refractivity contribution is 0.246. The zero-order valence-corrected chi connectivity index (χ0v) is 12.7. The Bertz CT molecular complexity index is 549. The largest absolute Gasteiger partial charge is 0.493 e. The first kappa shape index (κ1) is 15.2. The van der Waals surface area contributed by atoms with Gasteiger partial charge in [0, 0.05) is 12.1 Å². The Morgan fingerprint density at radius 1 is 0.905 bits per heavy atom. The standard InChI is InChI=1S/C18H23NO2/c1-14(2)17-6-3-4-7-18(17)21-13-5-12-20-16-10-8-15(19)9-11-16/h3-4,6-11,14H,5,12-13,19H2,1-2H3. The van der Waals surface area contributed by atoms with E-state index in [0.29, 0.717) is 19.1 Å². The second-order valence-electron chi connectivity index (χ2n) is 5.31. The van der Waals surface area contributed by atoms with Crippen molar-refractivity contribution in [2.45, 2.75) is 26.2 Å². The second kappa shape index (κ2) is 7.58. The summed E-state index contributed by atoms with van der Waals surface area (Å²) in [6.45, 7) is 5.63. The molecule has 0 atom stereocenters. The molecule has 0 spiro atoms. The van der Waals surface area contributed by atoms with Gasteiger partial charge in [-0.1, -0.05) is 32.0 Å². The molecule has 0 radical (unpaired) electrons. The summed E-state index contributed by atoms with van der Waals surface area (Å²) >= 11 is 0. The maximum atomic E-state index is 5.86. The van der Waals surface area contributed by atoms with Gasteiger partial charge in [-0.25, -0.2) is 0 Å². The van der Waals surface area contributed by atoms with Crippen molar-refractivity contribution in [3.05, 3.63) is 54.1 Å². The van der Waals surface area contributed by atoms with Crippen LogP contribution in [0.3, 0.4) is 0 Å². The molecule has 2 aromatic carbocycles. The molecule has 2 aromatic rings. The molecule has 3 heteroatoms. The number of benzene rings is 2. The first-order chi connectivity index (χ1) is 10.2. The van der Waals surface area contributed by atoms with Gasteiger partial charge in [0.1, 0.15) is 11.5 Å². The van der Waals surface area contributed by atoms with Crippen molar-refractivity contribution in [2.24, 2.45) is 0 Å². The predicted octanol–water partition coefficient (Wildman–Crippen LogP) is 4.24. The van der Waals surface area contributed by atoms with E-state index in [2.05, 4.69) is 19.9 Å². The molecule has 0 heterocycles. The average molecular weight is 285 g/mol. The normalized spacial score (nSPS) is 10.6. The lowest BCUT2D eigenvalue weighted by atomic mass is 10.0. The van der Waals surface area contributed by atoms with Crippen LogP contribution in [-0.4, -0.2) is 13.2 Å². The van der Waals surface area contributed by atoms with Crippen molar-refractivity contribution in [3.63, 3.8) is 0 Å². The number of rotatable bonds is 7. The molecule has 0 fully saturated rings. The van der Waals surface area contributed by atoms with Crippen LogP contribution in [0.5, 0.6) is 11.5 Å². The van der Waals surface area contributed by atoms with Crippen LogP contribution >= 0.6 is 0 Å². The molecular weight excluding hydrogens is 262 g/mol. The number of hydrogen-bond acceptors (Lipinski definition) is 3. The molecule has 112 valence electrons. The molecular formula is C18H23NO2. The lowest BCUT2D eigenvalue weighted by Gasteiger charge is -2.14. The molecule has 0 saturated heterocycles. The van der Waals surface area contributed by atoms with Gasteiger partial charge in [-0.2, -0.15) is 0 Å². The van der Waals surface area contributed by atoms with Gasteiger partial charge in [-0.15, -0.1) is 0 Å². The van der Waals surface area contributed by atoms with Crippen molar-refractivity contribution in [1.82, 2.24) is 0 Å². The number of nitrogen functional groups attached to an aromatic ring is 1. The lowest BCUT2D eigenvalue weighted by Crippen LogP contribution is -2.06. The number of hydrogen-bond donors (Lipinski definition) is 1. The van der Waals surface area contributed by atoms with Crippen LogP contribution in [0.25, 0.3) is 0 Å². The van der Waals surface area contributed by atoms with E-state index < -0.39 is 0 Å². The summed E-state index contributed by atoms with van der Waals surface area (Å²) in [5, 5.41) is 0. The maximum Gasteiger partial charge on any atom is 0.122 e. The summed E-state index contributed by atoms with van der Waals surface area (Å²) in [5.41, 5.74) is 7.62. The van der Waals surface area contributed by atoms with Crippen LogP contribution in [0.15, 0.2) is 48.5 Å². The Kier molecular flexibility index (Phi) is 5.50. The molecule has 0 unspecified atom stereocenters. The number of nitrogens with two attached hydrogens (primary N) is 1. The quantitative estimate of drug-likeness (QED) is 0.611. The van der Waals surface area contributed by atoms with Crippen molar-refractivity contribution >= 4 is 5.69 Å². The minimum absolute atomic E-state index is 0.465. The van der Waals surface area contributed by atoms with Crippen molar-refractivity contribution in [1.29, 1.82) is 0 Å². The Hall–Kier alpha value is -2.16. The van der Waals surface area contributed by atoms with Crippen LogP contribution in [0.4, 0.5) is 5.69 Å². The second-order valence-corrected chi connectivity index (χ2v) is 5.31. The van der Waals surface area contributed by atoms with Crippen LogP contribution in [0, 0.1) is 0 Å². The van der Waals surface area contributed by atoms with E-state index >= 15 is 0 Å². The smallest absolute Gasteiger partial charge is 0.122 e. The van der Waals surface area contributed by atoms with Gasteiger partial charge in [0.2, 0.25) is 0 Å². The van der Waals surface area contributed by atoms with Gasteiger partial charge in [0.15, 0.2) is 0 Å². The fourth-order valence-electron chi connectivity index (χ4n) is 2.08. The van der Waals surface area contributed by atoms with Gasteiger partial charge in [0.05, 0.1) is 13.2 Å². The van der Waals surface area contributed by atoms with E-state index in [1.54, 1.807) is 0 Å². The first-order valence-electron chi connectivity index (χ1n) is 7.37. The van der Waals surface area contributed by atoms with Crippen LogP contribution in [0.1, 0.15) is 31.7 Å². The molecule has 3 nitrogen and oxygen atoms in total. The highest BCUT2D eigenvalue weighted by atomic mass is 16.5. The molecule has 0 saturated carbocycles. The van der Waals surface area contributed by atoms with Crippen molar-refractivity contribution < 1.29 is 9.47 Å². The molecule has 0 aliphatic carbocycles. The topological polar surface area (TPSA) is 44.5 Å². The zero-order valence-electron chi connectivity index (χ0n) is 12.7. The zero-order chi connectivity index (χ0) is 15.1. The fraction of sp³-hybridized carbons (Fsp3) is 0.333. The van der Waals surface area contributed by atoms with E-state index in [4.69, 9.17) is 15.2 Å². The summed E-state index contributed by atoms with van der Waals surface area (Å²) in [6.07, 6.45) is 0.844. The monoisotopic (exact) mass is 285 g/mol. The Morgan fingerprint density at radius 2 is 1.57 bits per heavy atom. The predicted molar refractivity (Wildman–Crippen MR) is 87.0 cm³/mol. The molecule has 0 aromatic heterocycles. The molecule has 0 bridgehead atoms. The third-order valence-corrected chi connectivity index (χ3v) is 3.24. The van der Waals surface area contributed by atoms with Gasteiger partial charge in [0.25, 0.3) is 0 Å². The van der Waals surface area contributed by atoms with E-state index in [9.17, 15) is 0 Å². The highest BCUT2D eigenvalue weighted by Crippen LogP contribution is 2.25. The number of anilines is 1. The Balaban J connectivity index is 1.74. The molecule has 0 aliphatic rings. The number of para-hydroxylation sites is 1. The third kappa shape index (κ3) is 4.71. The van der Waals surface area contributed by atoms with Crippen molar-refractivity contribution in [2.75, 3.05) is 18.9 Å². The minimum Gasteiger partial charge on any atom is -0.493 e. The Labute approximate surface area is 126 Å². The van der Waals surface area contributed by atoms with E-state index in [1.165, 1.54) is 5.56 Å². The molecule has 0 amide bonds. The summed E-state index contributed by atoms with van der Waals surface area (Å²) in [4.78, 5) is 0. The van der Waals surface area contributed by atoms with Gasteiger partial charge in [-0.3, -0.25) is 0 Å². The molecule has 2 N–H and O–H groups in total. The fourth-order valence-corrected chi connectivity index (χ4v) is 2.08. The van der Waals surface area contributed by atoms with Crippen LogP contribution in [0.2, 0.25) is 0 Å². The molecule has 0 aliphatic heterocycles. The highest BCUT2D eigenvalue weighted by Gasteiger charge is 2.06. The van der Waals surface area contributed by atoms with Crippen LogP contribution < -0.4 is 15.2 Å². The first-order valence-corrected chi connectivity index (χ1v) is 7.37. The molecule has 2 rings (SSSR count). The summed E-state index contributed by atoms with van der Waals surface area (Å²) in [7, 11) is 0. The summed E-state index contributed by atoms with van der Waals surface area (Å²) in [6, 6.07) is 15.6. The number of ether oxygens (including phenoxy) is 2. The molecule has 21 heavy (non-hydrogen) atoms. The van der Waals surface area contributed by atoms with E-state index in [1.807, 2.05) is 42.5 Å². The van der Waals surface area contributed by atoms with Crippen LogP contribution in [-0.2, 0) is 0 Å². The maximum absolute atomic E-state index is 5.86. The van der Waals surface area contributed by atoms with Gasteiger partial charge in [-0.05, 0) is 41.8 Å². The minimum atomic E-state index is 0.465.